The maximum absolute atomic E-state index is 13.1. The molecule has 2 fully saturated rings. The van der Waals surface area contributed by atoms with Gasteiger partial charge in [-0.2, -0.15) is 4.31 Å². The quantitative estimate of drug-likeness (QED) is 0.479. The van der Waals surface area contributed by atoms with Crippen LogP contribution in [0.5, 0.6) is 0 Å². The Kier molecular flexibility index (Phi) is 5.80. The van der Waals surface area contributed by atoms with Crippen molar-refractivity contribution in [2.75, 3.05) is 26.3 Å². The van der Waals surface area contributed by atoms with E-state index in [-0.39, 0.29) is 0 Å². The van der Waals surface area contributed by atoms with Crippen molar-refractivity contribution < 1.29 is 13.2 Å². The third-order valence-electron chi connectivity index (χ3n) is 5.76. The van der Waals surface area contributed by atoms with Crippen LogP contribution in [-0.2, 0) is 27.1 Å². The third kappa shape index (κ3) is 4.13. The predicted molar refractivity (Wildman–Crippen MR) is 120 cm³/mol. The number of fused-ring (bicyclic) bond motifs is 1. The molecule has 0 bridgehead atoms. The molecule has 0 N–H and O–H groups in total. The van der Waals surface area contributed by atoms with Crippen LogP contribution in [0.25, 0.3) is 11.0 Å². The average Bonchev–Trinajstić information content (AvgIpc) is 3.42. The van der Waals surface area contributed by atoms with Crippen LogP contribution in [0.15, 0.2) is 40.6 Å². The lowest BCUT2D eigenvalue weighted by molar-refractivity contribution is 0.0730. The lowest BCUT2D eigenvalue weighted by atomic mass is 10.3. The summed E-state index contributed by atoms with van der Waals surface area (Å²) in [7, 11) is -3.54. The van der Waals surface area contributed by atoms with Gasteiger partial charge >= 0.3 is 0 Å². The highest BCUT2D eigenvalue weighted by molar-refractivity contribution is 7.98. The summed E-state index contributed by atoms with van der Waals surface area (Å²) in [4.78, 5) is 9.65. The number of sulfonamides is 1. The van der Waals surface area contributed by atoms with Crippen molar-refractivity contribution in [3.8, 4) is 0 Å². The van der Waals surface area contributed by atoms with Crippen LogP contribution in [-0.4, -0.2) is 58.1 Å². The SMILES string of the molecule is CCCn1c(CSc2nccn2C2CC2)nc2cc(S(=O)(=O)N3CCOCC3)ccc21. The number of aromatic nitrogens is 4. The molecule has 3 heterocycles. The number of morpholine rings is 1. The molecule has 2 aromatic heterocycles. The summed E-state index contributed by atoms with van der Waals surface area (Å²) in [5, 5.41) is 1.02. The minimum atomic E-state index is -3.54. The molecule has 8 nitrogen and oxygen atoms in total. The lowest BCUT2D eigenvalue weighted by Crippen LogP contribution is -2.40. The molecule has 0 atom stereocenters. The van der Waals surface area contributed by atoms with E-state index in [0.29, 0.717) is 43.0 Å². The van der Waals surface area contributed by atoms with Gasteiger partial charge in [0.2, 0.25) is 10.0 Å². The number of rotatable bonds is 8. The number of hydrogen-bond acceptors (Lipinski definition) is 6. The van der Waals surface area contributed by atoms with Gasteiger partial charge in [-0.1, -0.05) is 18.7 Å². The van der Waals surface area contributed by atoms with Crippen LogP contribution in [0.1, 0.15) is 38.1 Å². The Morgan fingerprint density at radius 1 is 1.23 bits per heavy atom. The highest BCUT2D eigenvalue weighted by Gasteiger charge is 2.28. The van der Waals surface area contributed by atoms with Crippen LogP contribution in [0.4, 0.5) is 0 Å². The first-order chi connectivity index (χ1) is 15.1. The zero-order chi connectivity index (χ0) is 21.4. The summed E-state index contributed by atoms with van der Waals surface area (Å²) >= 11 is 1.69. The molecule has 0 amide bonds. The molecule has 1 saturated carbocycles. The van der Waals surface area contributed by atoms with Crippen LogP contribution in [0.2, 0.25) is 0 Å². The fourth-order valence-corrected chi connectivity index (χ4v) is 6.41. The Balaban J connectivity index is 1.44. The smallest absolute Gasteiger partial charge is 0.243 e. The van der Waals surface area contributed by atoms with E-state index < -0.39 is 10.0 Å². The van der Waals surface area contributed by atoms with Crippen molar-refractivity contribution in [1.29, 1.82) is 0 Å². The van der Waals surface area contributed by atoms with Gasteiger partial charge in [0.15, 0.2) is 5.16 Å². The molecular formula is C21H27N5O3S2. The van der Waals surface area contributed by atoms with E-state index in [1.807, 2.05) is 12.3 Å². The van der Waals surface area contributed by atoms with Crippen molar-refractivity contribution in [3.05, 3.63) is 36.4 Å². The molecule has 5 rings (SSSR count). The fraction of sp³-hybridized carbons (Fsp3) is 0.524. The molecule has 2 aliphatic rings. The zero-order valence-corrected chi connectivity index (χ0v) is 19.2. The largest absolute Gasteiger partial charge is 0.379 e. The Hall–Kier alpha value is -1.88. The van der Waals surface area contributed by atoms with Crippen molar-refractivity contribution in [3.63, 3.8) is 0 Å². The van der Waals surface area contributed by atoms with E-state index in [2.05, 4.69) is 27.2 Å². The minimum absolute atomic E-state index is 0.298. The standard InChI is InChI=1S/C21H27N5O3S2/c1-2-8-26-19-6-5-17(31(27,28)24-10-12-29-13-11-24)14-18(19)23-20(26)15-30-21-22-7-9-25(21)16-3-4-16/h5-7,9,14,16H,2-4,8,10-13,15H2,1H3. The Labute approximate surface area is 186 Å². The van der Waals surface area contributed by atoms with E-state index in [0.717, 1.165) is 35.0 Å². The Morgan fingerprint density at radius 3 is 2.77 bits per heavy atom. The van der Waals surface area contributed by atoms with Crippen molar-refractivity contribution in [1.82, 2.24) is 23.4 Å². The predicted octanol–water partition coefficient (Wildman–Crippen LogP) is 3.29. The molecule has 1 saturated heterocycles. The number of imidazole rings is 2. The second kappa shape index (κ2) is 8.57. The van der Waals surface area contributed by atoms with Gasteiger partial charge in [-0.25, -0.2) is 18.4 Å². The molecule has 31 heavy (non-hydrogen) atoms. The van der Waals surface area contributed by atoms with Crippen LogP contribution < -0.4 is 0 Å². The Bertz CT molecular complexity index is 1180. The van der Waals surface area contributed by atoms with Crippen LogP contribution >= 0.6 is 11.8 Å². The highest BCUT2D eigenvalue weighted by atomic mass is 32.2. The average molecular weight is 462 g/mol. The molecule has 1 aliphatic heterocycles. The minimum Gasteiger partial charge on any atom is -0.379 e. The first kappa shape index (κ1) is 21.0. The molecule has 3 aromatic rings. The van der Waals surface area contributed by atoms with Crippen molar-refractivity contribution in [2.45, 2.75) is 54.6 Å². The summed E-state index contributed by atoms with van der Waals surface area (Å²) in [5.74, 6) is 1.65. The van der Waals surface area contributed by atoms with Crippen LogP contribution in [0, 0.1) is 0 Å². The molecule has 0 spiro atoms. The molecule has 0 radical (unpaired) electrons. The number of benzene rings is 1. The first-order valence-electron chi connectivity index (χ1n) is 10.8. The number of aryl methyl sites for hydroxylation is 1. The molecule has 166 valence electrons. The second-order valence-corrected chi connectivity index (χ2v) is 10.9. The molecule has 1 aromatic carbocycles. The number of nitrogens with zero attached hydrogens (tertiary/aromatic N) is 5. The topological polar surface area (TPSA) is 82.2 Å². The number of thioether (sulfide) groups is 1. The summed E-state index contributed by atoms with van der Waals surface area (Å²) < 4.78 is 37.4. The lowest BCUT2D eigenvalue weighted by Gasteiger charge is -2.26. The van der Waals surface area contributed by atoms with Crippen molar-refractivity contribution in [2.24, 2.45) is 0 Å². The molecular weight excluding hydrogens is 434 g/mol. The monoisotopic (exact) mass is 461 g/mol. The van der Waals surface area contributed by atoms with Crippen LogP contribution in [0.3, 0.4) is 0 Å². The normalized spacial score (nSPS) is 18.1. The summed E-state index contributed by atoms with van der Waals surface area (Å²) in [5.41, 5.74) is 1.70. The van der Waals surface area contributed by atoms with Gasteiger partial charge in [-0.05, 0) is 37.5 Å². The van der Waals surface area contributed by atoms with E-state index in [1.165, 1.54) is 17.1 Å². The van der Waals surface area contributed by atoms with Gasteiger partial charge < -0.3 is 13.9 Å². The van der Waals surface area contributed by atoms with Gasteiger partial charge in [0.25, 0.3) is 0 Å². The second-order valence-electron chi connectivity index (χ2n) is 7.98. The molecule has 0 unspecified atom stereocenters. The third-order valence-corrected chi connectivity index (χ3v) is 8.63. The summed E-state index contributed by atoms with van der Waals surface area (Å²) in [6.45, 7) is 4.63. The zero-order valence-electron chi connectivity index (χ0n) is 17.6. The van der Waals surface area contributed by atoms with Gasteiger partial charge in [-0.15, -0.1) is 0 Å². The van der Waals surface area contributed by atoms with E-state index >= 15 is 0 Å². The van der Waals surface area contributed by atoms with E-state index in [4.69, 9.17) is 9.72 Å². The number of hydrogen-bond donors (Lipinski definition) is 0. The van der Waals surface area contributed by atoms with Crippen molar-refractivity contribution >= 4 is 32.8 Å². The Morgan fingerprint density at radius 2 is 2.03 bits per heavy atom. The van der Waals surface area contributed by atoms with Gasteiger partial charge in [-0.3, -0.25) is 0 Å². The maximum atomic E-state index is 13.1. The number of ether oxygens (including phenoxy) is 1. The van der Waals surface area contributed by atoms with Gasteiger partial charge in [0.1, 0.15) is 5.82 Å². The maximum Gasteiger partial charge on any atom is 0.243 e. The summed E-state index contributed by atoms with van der Waals surface area (Å²) in [6.07, 6.45) is 7.33. The summed E-state index contributed by atoms with van der Waals surface area (Å²) in [6, 6.07) is 5.90. The van der Waals surface area contributed by atoms with Gasteiger partial charge in [0.05, 0.1) is 34.9 Å². The molecule has 1 aliphatic carbocycles. The molecule has 10 heteroatoms. The first-order valence-corrected chi connectivity index (χ1v) is 13.2. The highest BCUT2D eigenvalue weighted by Crippen LogP contribution is 2.38. The van der Waals surface area contributed by atoms with E-state index in [9.17, 15) is 8.42 Å². The fourth-order valence-electron chi connectivity index (χ4n) is 4.01. The van der Waals surface area contributed by atoms with Gasteiger partial charge in [0, 0.05) is 38.1 Å². The van der Waals surface area contributed by atoms with E-state index in [1.54, 1.807) is 23.9 Å².